The van der Waals surface area contributed by atoms with Gasteiger partial charge in [0.25, 0.3) is 0 Å². The highest BCUT2D eigenvalue weighted by Crippen LogP contribution is 2.34. The first-order chi connectivity index (χ1) is 9.47. The molecule has 1 heterocycles. The second-order valence-electron chi connectivity index (χ2n) is 4.59. The van der Waals surface area contributed by atoms with Crippen LogP contribution in [0.3, 0.4) is 0 Å². The Bertz CT molecular complexity index is 512. The van der Waals surface area contributed by atoms with E-state index in [9.17, 15) is 13.2 Å². The van der Waals surface area contributed by atoms with Crippen molar-refractivity contribution in [2.45, 2.75) is 24.0 Å². The van der Waals surface area contributed by atoms with E-state index in [1.165, 1.54) is 6.08 Å². The van der Waals surface area contributed by atoms with Crippen LogP contribution in [0.2, 0.25) is 0 Å². The summed E-state index contributed by atoms with van der Waals surface area (Å²) >= 11 is 1.60. The van der Waals surface area contributed by atoms with Crippen molar-refractivity contribution in [2.75, 3.05) is 24.2 Å². The average molecular weight is 302 g/mol. The zero-order chi connectivity index (χ0) is 14.8. The molecule has 0 radical (unpaired) electrons. The Morgan fingerprint density at radius 1 is 1.35 bits per heavy atom. The van der Waals surface area contributed by atoms with Crippen molar-refractivity contribution in [1.29, 1.82) is 0 Å². The van der Waals surface area contributed by atoms with Crippen molar-refractivity contribution in [3.63, 3.8) is 0 Å². The molecule has 0 saturated heterocycles. The first-order valence-corrected chi connectivity index (χ1v) is 7.57. The van der Waals surface area contributed by atoms with Crippen LogP contribution in [0, 0.1) is 0 Å². The molecule has 20 heavy (non-hydrogen) atoms. The van der Waals surface area contributed by atoms with Crippen LogP contribution in [-0.2, 0) is 6.54 Å². The Kier molecular flexibility index (Phi) is 4.65. The number of alkyl halides is 3. The predicted molar refractivity (Wildman–Crippen MR) is 77.1 cm³/mol. The van der Waals surface area contributed by atoms with Gasteiger partial charge in [-0.3, -0.25) is 0 Å². The zero-order valence-corrected chi connectivity index (χ0v) is 12.0. The summed E-state index contributed by atoms with van der Waals surface area (Å²) in [5.74, 6) is 0. The van der Waals surface area contributed by atoms with Crippen LogP contribution in [-0.4, -0.2) is 25.5 Å². The molecule has 0 amide bonds. The predicted octanol–water partition coefficient (Wildman–Crippen LogP) is 3.57. The standard InChI is InChI=1S/C14H17F3N2S/c1-20-13-4-2-3-12(11(13)9-18)19-7-5-10(6-8-19)14(15,16)17/h2-5H,6-9,18H2,1H3. The van der Waals surface area contributed by atoms with Crippen molar-refractivity contribution >= 4 is 17.4 Å². The molecular formula is C14H17F3N2S. The average Bonchev–Trinajstić information content (AvgIpc) is 2.45. The Labute approximate surface area is 120 Å². The minimum Gasteiger partial charge on any atom is -0.367 e. The smallest absolute Gasteiger partial charge is 0.367 e. The highest BCUT2D eigenvalue weighted by Gasteiger charge is 2.35. The third kappa shape index (κ3) is 3.12. The number of thioether (sulfide) groups is 1. The third-order valence-electron chi connectivity index (χ3n) is 3.45. The maximum atomic E-state index is 12.6. The Morgan fingerprint density at radius 2 is 2.10 bits per heavy atom. The van der Waals surface area contributed by atoms with Gasteiger partial charge < -0.3 is 10.6 Å². The Morgan fingerprint density at radius 3 is 2.60 bits per heavy atom. The molecule has 2 nitrogen and oxygen atoms in total. The van der Waals surface area contributed by atoms with Crippen LogP contribution in [0.25, 0.3) is 0 Å². The molecule has 0 aromatic heterocycles. The van der Waals surface area contributed by atoms with Gasteiger partial charge in [-0.05, 0) is 24.8 Å². The molecule has 6 heteroatoms. The second-order valence-corrected chi connectivity index (χ2v) is 5.43. The number of nitrogens with zero attached hydrogens (tertiary/aromatic N) is 1. The van der Waals surface area contributed by atoms with Gasteiger partial charge in [0.1, 0.15) is 0 Å². The van der Waals surface area contributed by atoms with Gasteiger partial charge in [-0.15, -0.1) is 11.8 Å². The highest BCUT2D eigenvalue weighted by molar-refractivity contribution is 7.98. The molecule has 0 atom stereocenters. The van der Waals surface area contributed by atoms with Crippen molar-refractivity contribution in [1.82, 2.24) is 0 Å². The zero-order valence-electron chi connectivity index (χ0n) is 11.2. The van der Waals surface area contributed by atoms with E-state index in [1.807, 2.05) is 29.4 Å². The molecule has 0 aliphatic carbocycles. The van der Waals surface area contributed by atoms with E-state index in [2.05, 4.69) is 0 Å². The van der Waals surface area contributed by atoms with Gasteiger partial charge in [-0.25, -0.2) is 0 Å². The molecule has 110 valence electrons. The van der Waals surface area contributed by atoms with Crippen molar-refractivity contribution < 1.29 is 13.2 Å². The largest absolute Gasteiger partial charge is 0.412 e. The first-order valence-electron chi connectivity index (χ1n) is 6.34. The maximum absolute atomic E-state index is 12.6. The summed E-state index contributed by atoms with van der Waals surface area (Å²) in [6, 6.07) is 5.83. The number of hydrogen-bond donors (Lipinski definition) is 1. The number of hydrogen-bond acceptors (Lipinski definition) is 3. The van der Waals surface area contributed by atoms with Gasteiger partial charge >= 0.3 is 6.18 Å². The summed E-state index contributed by atoms with van der Waals surface area (Å²) in [7, 11) is 0. The lowest BCUT2D eigenvalue weighted by molar-refractivity contribution is -0.0943. The van der Waals surface area contributed by atoms with Crippen molar-refractivity contribution in [3.05, 3.63) is 35.4 Å². The molecule has 0 spiro atoms. The summed E-state index contributed by atoms with van der Waals surface area (Å²) in [6.07, 6.45) is -0.938. The van der Waals surface area contributed by atoms with E-state index >= 15 is 0 Å². The van der Waals surface area contributed by atoms with E-state index in [4.69, 9.17) is 5.73 Å². The number of benzene rings is 1. The fourth-order valence-corrected chi connectivity index (χ4v) is 3.04. The van der Waals surface area contributed by atoms with E-state index in [0.29, 0.717) is 13.1 Å². The van der Waals surface area contributed by atoms with Crippen LogP contribution in [0.15, 0.2) is 34.7 Å². The Balaban J connectivity index is 2.25. The second kappa shape index (κ2) is 6.10. The monoisotopic (exact) mass is 302 g/mol. The van der Waals surface area contributed by atoms with Crippen LogP contribution >= 0.6 is 11.8 Å². The van der Waals surface area contributed by atoms with E-state index in [0.717, 1.165) is 16.1 Å². The highest BCUT2D eigenvalue weighted by atomic mass is 32.2. The third-order valence-corrected chi connectivity index (χ3v) is 4.27. The number of nitrogens with two attached hydrogens (primary N) is 1. The van der Waals surface area contributed by atoms with Crippen LogP contribution in [0.1, 0.15) is 12.0 Å². The summed E-state index contributed by atoms with van der Waals surface area (Å²) in [4.78, 5) is 3.03. The van der Waals surface area contributed by atoms with Crippen LogP contribution in [0.4, 0.5) is 18.9 Å². The topological polar surface area (TPSA) is 29.3 Å². The summed E-state index contributed by atoms with van der Waals surface area (Å²) in [6.45, 7) is 1.04. The molecule has 0 unspecified atom stereocenters. The molecule has 2 N–H and O–H groups in total. The number of anilines is 1. The fourth-order valence-electron chi connectivity index (χ4n) is 2.39. The minimum atomic E-state index is -4.20. The SMILES string of the molecule is CSc1cccc(N2CC=C(C(F)(F)F)CC2)c1CN. The number of halogens is 3. The van der Waals surface area contributed by atoms with E-state index < -0.39 is 11.7 Å². The Hall–Kier alpha value is -1.14. The van der Waals surface area contributed by atoms with Gasteiger partial charge in [0.05, 0.1) is 0 Å². The van der Waals surface area contributed by atoms with Crippen LogP contribution in [0.5, 0.6) is 0 Å². The molecule has 1 aromatic carbocycles. The van der Waals surface area contributed by atoms with Gasteiger partial charge in [0, 0.05) is 41.4 Å². The normalized spacial score (nSPS) is 16.2. The summed E-state index contributed by atoms with van der Waals surface area (Å²) < 4.78 is 37.9. The summed E-state index contributed by atoms with van der Waals surface area (Å²) in [5, 5.41) is 0. The fraction of sp³-hybridized carbons (Fsp3) is 0.429. The van der Waals surface area contributed by atoms with Gasteiger partial charge in [-0.1, -0.05) is 12.1 Å². The van der Waals surface area contributed by atoms with Crippen molar-refractivity contribution in [2.24, 2.45) is 5.73 Å². The van der Waals surface area contributed by atoms with Crippen molar-refractivity contribution in [3.8, 4) is 0 Å². The lowest BCUT2D eigenvalue weighted by Crippen LogP contribution is -2.32. The minimum absolute atomic E-state index is 0.0248. The maximum Gasteiger partial charge on any atom is 0.412 e. The molecule has 2 rings (SSSR count). The molecule has 1 aromatic rings. The lowest BCUT2D eigenvalue weighted by atomic mass is 10.1. The van der Waals surface area contributed by atoms with E-state index in [1.54, 1.807) is 11.8 Å². The van der Waals surface area contributed by atoms with E-state index in [-0.39, 0.29) is 13.0 Å². The molecular weight excluding hydrogens is 285 g/mol. The quantitative estimate of drug-likeness (QED) is 0.684. The number of rotatable bonds is 3. The molecule has 1 aliphatic rings. The van der Waals surface area contributed by atoms with Crippen LogP contribution < -0.4 is 10.6 Å². The molecule has 1 aliphatic heterocycles. The van der Waals surface area contributed by atoms with Gasteiger partial charge in [-0.2, -0.15) is 13.2 Å². The molecule has 0 fully saturated rings. The van der Waals surface area contributed by atoms with Gasteiger partial charge in [0.15, 0.2) is 0 Å². The molecule has 0 saturated carbocycles. The summed E-state index contributed by atoms with van der Waals surface area (Å²) in [5.41, 5.74) is 7.31. The molecule has 0 bridgehead atoms. The lowest BCUT2D eigenvalue weighted by Gasteiger charge is -2.31. The first kappa shape index (κ1) is 15.3. The van der Waals surface area contributed by atoms with Gasteiger partial charge in [0.2, 0.25) is 0 Å².